The summed E-state index contributed by atoms with van der Waals surface area (Å²) in [6.07, 6.45) is 1.79. The molecule has 0 amide bonds. The SMILES string of the molecule is CCCNC(CCSc1ccc(Br)cc1)C(=O)OCC. The Morgan fingerprint density at radius 1 is 1.35 bits per heavy atom. The Balaban J connectivity index is 2.40. The van der Waals surface area contributed by atoms with Crippen molar-refractivity contribution in [2.24, 2.45) is 0 Å². The van der Waals surface area contributed by atoms with Gasteiger partial charge in [-0.2, -0.15) is 0 Å². The van der Waals surface area contributed by atoms with Crippen molar-refractivity contribution in [1.29, 1.82) is 0 Å². The van der Waals surface area contributed by atoms with Crippen molar-refractivity contribution in [3.05, 3.63) is 28.7 Å². The predicted molar refractivity (Wildman–Crippen MR) is 88.2 cm³/mol. The lowest BCUT2D eigenvalue weighted by Gasteiger charge is -2.16. The molecule has 0 saturated carbocycles. The molecule has 0 radical (unpaired) electrons. The van der Waals surface area contributed by atoms with E-state index in [-0.39, 0.29) is 12.0 Å². The van der Waals surface area contributed by atoms with E-state index in [1.807, 2.05) is 19.1 Å². The zero-order chi connectivity index (χ0) is 14.8. The molecule has 3 nitrogen and oxygen atoms in total. The van der Waals surface area contributed by atoms with Gasteiger partial charge in [-0.3, -0.25) is 4.79 Å². The van der Waals surface area contributed by atoms with Gasteiger partial charge in [0.2, 0.25) is 0 Å². The smallest absolute Gasteiger partial charge is 0.323 e. The van der Waals surface area contributed by atoms with Crippen LogP contribution in [-0.4, -0.2) is 30.9 Å². The number of ether oxygens (including phenoxy) is 1. The minimum Gasteiger partial charge on any atom is -0.465 e. The average Bonchev–Trinajstić information content (AvgIpc) is 2.44. The van der Waals surface area contributed by atoms with Gasteiger partial charge >= 0.3 is 5.97 Å². The van der Waals surface area contributed by atoms with Crippen LogP contribution < -0.4 is 5.32 Å². The normalized spacial score (nSPS) is 12.2. The summed E-state index contributed by atoms with van der Waals surface area (Å²) in [7, 11) is 0. The van der Waals surface area contributed by atoms with E-state index in [0.717, 1.165) is 29.6 Å². The number of hydrogen-bond acceptors (Lipinski definition) is 4. The lowest BCUT2D eigenvalue weighted by Crippen LogP contribution is -2.39. The number of thioether (sulfide) groups is 1. The summed E-state index contributed by atoms with van der Waals surface area (Å²) in [6, 6.07) is 8.01. The van der Waals surface area contributed by atoms with E-state index in [9.17, 15) is 4.79 Å². The molecule has 0 aliphatic heterocycles. The van der Waals surface area contributed by atoms with Crippen LogP contribution in [0.3, 0.4) is 0 Å². The Hall–Kier alpha value is -0.520. The van der Waals surface area contributed by atoms with Crippen LogP contribution in [0.1, 0.15) is 26.7 Å². The van der Waals surface area contributed by atoms with Crippen LogP contribution in [0.25, 0.3) is 0 Å². The maximum Gasteiger partial charge on any atom is 0.323 e. The van der Waals surface area contributed by atoms with Crippen LogP contribution in [-0.2, 0) is 9.53 Å². The highest BCUT2D eigenvalue weighted by atomic mass is 79.9. The van der Waals surface area contributed by atoms with Gasteiger partial charge in [-0.15, -0.1) is 11.8 Å². The quantitative estimate of drug-likeness (QED) is 0.536. The van der Waals surface area contributed by atoms with Crippen molar-refractivity contribution < 1.29 is 9.53 Å². The molecule has 0 aliphatic carbocycles. The zero-order valence-corrected chi connectivity index (χ0v) is 14.4. The fourth-order valence-electron chi connectivity index (χ4n) is 1.69. The van der Waals surface area contributed by atoms with Crippen LogP contribution in [0.4, 0.5) is 0 Å². The monoisotopic (exact) mass is 359 g/mol. The number of nitrogens with one attached hydrogen (secondary N) is 1. The molecule has 1 aromatic rings. The zero-order valence-electron chi connectivity index (χ0n) is 12.0. The van der Waals surface area contributed by atoms with Crippen molar-refractivity contribution in [3.8, 4) is 0 Å². The van der Waals surface area contributed by atoms with Gasteiger partial charge in [0.25, 0.3) is 0 Å². The summed E-state index contributed by atoms with van der Waals surface area (Å²) in [5.41, 5.74) is 0. The molecular weight excluding hydrogens is 338 g/mol. The Kier molecular flexibility index (Phi) is 8.98. The molecule has 0 heterocycles. The fourth-order valence-corrected chi connectivity index (χ4v) is 2.87. The summed E-state index contributed by atoms with van der Waals surface area (Å²) in [5, 5.41) is 3.25. The van der Waals surface area contributed by atoms with E-state index in [1.165, 1.54) is 4.90 Å². The molecule has 112 valence electrons. The first-order valence-electron chi connectivity index (χ1n) is 6.95. The number of esters is 1. The van der Waals surface area contributed by atoms with Gasteiger partial charge < -0.3 is 10.1 Å². The van der Waals surface area contributed by atoms with Gasteiger partial charge in [0.15, 0.2) is 0 Å². The molecule has 1 rings (SSSR count). The molecule has 1 N–H and O–H groups in total. The van der Waals surface area contributed by atoms with Gasteiger partial charge in [-0.25, -0.2) is 0 Å². The van der Waals surface area contributed by atoms with Crippen LogP contribution in [0.5, 0.6) is 0 Å². The molecule has 0 bridgehead atoms. The molecule has 0 spiro atoms. The number of benzene rings is 1. The highest BCUT2D eigenvalue weighted by Gasteiger charge is 2.18. The fraction of sp³-hybridized carbons (Fsp3) is 0.533. The van der Waals surface area contributed by atoms with E-state index < -0.39 is 0 Å². The van der Waals surface area contributed by atoms with Crippen LogP contribution in [0.2, 0.25) is 0 Å². The van der Waals surface area contributed by atoms with Gasteiger partial charge in [-0.1, -0.05) is 22.9 Å². The minimum absolute atomic E-state index is 0.141. The minimum atomic E-state index is -0.196. The Bertz CT molecular complexity index is 397. The molecule has 5 heteroatoms. The standard InChI is InChI=1S/C15H22BrNO2S/c1-3-10-17-14(15(18)19-4-2)9-11-20-13-7-5-12(16)6-8-13/h5-8,14,17H,3-4,9-11H2,1-2H3. The van der Waals surface area contributed by atoms with Gasteiger partial charge in [0, 0.05) is 15.1 Å². The molecule has 20 heavy (non-hydrogen) atoms. The van der Waals surface area contributed by atoms with Crippen molar-refractivity contribution >= 4 is 33.7 Å². The van der Waals surface area contributed by atoms with E-state index in [0.29, 0.717) is 6.61 Å². The van der Waals surface area contributed by atoms with Gasteiger partial charge in [-0.05, 0) is 50.6 Å². The van der Waals surface area contributed by atoms with Crippen molar-refractivity contribution in [1.82, 2.24) is 5.32 Å². The summed E-state index contributed by atoms with van der Waals surface area (Å²) in [6.45, 7) is 5.20. The lowest BCUT2D eigenvalue weighted by atomic mass is 10.2. The predicted octanol–water partition coefficient (Wildman–Crippen LogP) is 3.86. The molecule has 0 fully saturated rings. The number of carbonyl (C=O) groups is 1. The Morgan fingerprint density at radius 2 is 2.05 bits per heavy atom. The molecular formula is C15H22BrNO2S. The van der Waals surface area contributed by atoms with Crippen LogP contribution >= 0.6 is 27.7 Å². The van der Waals surface area contributed by atoms with E-state index in [2.05, 4.69) is 40.3 Å². The second-order valence-electron chi connectivity index (χ2n) is 4.35. The molecule has 1 aromatic carbocycles. The Labute approximate surface area is 134 Å². The largest absolute Gasteiger partial charge is 0.465 e. The first kappa shape index (κ1) is 17.5. The van der Waals surface area contributed by atoms with Crippen LogP contribution in [0, 0.1) is 0 Å². The summed E-state index contributed by atoms with van der Waals surface area (Å²) in [5.74, 6) is 0.749. The second-order valence-corrected chi connectivity index (χ2v) is 6.43. The number of halogens is 1. The highest BCUT2D eigenvalue weighted by molar-refractivity contribution is 9.10. The van der Waals surface area contributed by atoms with Gasteiger partial charge in [0.05, 0.1) is 6.61 Å². The number of carbonyl (C=O) groups excluding carboxylic acids is 1. The van der Waals surface area contributed by atoms with E-state index >= 15 is 0 Å². The Morgan fingerprint density at radius 3 is 2.65 bits per heavy atom. The van der Waals surface area contributed by atoms with Crippen molar-refractivity contribution in [2.75, 3.05) is 18.9 Å². The maximum absolute atomic E-state index is 11.8. The molecule has 0 aliphatic rings. The average molecular weight is 360 g/mol. The van der Waals surface area contributed by atoms with E-state index in [1.54, 1.807) is 11.8 Å². The first-order valence-corrected chi connectivity index (χ1v) is 8.73. The summed E-state index contributed by atoms with van der Waals surface area (Å²) >= 11 is 5.18. The van der Waals surface area contributed by atoms with E-state index in [4.69, 9.17) is 4.74 Å². The maximum atomic E-state index is 11.8. The van der Waals surface area contributed by atoms with Gasteiger partial charge in [0.1, 0.15) is 6.04 Å². The summed E-state index contributed by atoms with van der Waals surface area (Å²) in [4.78, 5) is 13.1. The molecule has 1 unspecified atom stereocenters. The van der Waals surface area contributed by atoms with Crippen molar-refractivity contribution in [2.45, 2.75) is 37.6 Å². The van der Waals surface area contributed by atoms with Crippen LogP contribution in [0.15, 0.2) is 33.6 Å². The number of hydrogen-bond donors (Lipinski definition) is 1. The second kappa shape index (κ2) is 10.2. The molecule has 0 aromatic heterocycles. The third kappa shape index (κ3) is 6.77. The third-order valence-corrected chi connectivity index (χ3v) is 4.27. The topological polar surface area (TPSA) is 38.3 Å². The summed E-state index contributed by atoms with van der Waals surface area (Å²) < 4.78 is 6.18. The lowest BCUT2D eigenvalue weighted by molar-refractivity contribution is -0.145. The highest BCUT2D eigenvalue weighted by Crippen LogP contribution is 2.21. The number of rotatable bonds is 9. The molecule has 1 atom stereocenters. The first-order chi connectivity index (χ1) is 9.67. The third-order valence-electron chi connectivity index (χ3n) is 2.70. The molecule has 0 saturated heterocycles. The van der Waals surface area contributed by atoms with Crippen molar-refractivity contribution in [3.63, 3.8) is 0 Å².